The molecule has 1 atom stereocenters. The number of hydrogen-bond acceptors (Lipinski definition) is 7. The summed E-state index contributed by atoms with van der Waals surface area (Å²) in [5, 5.41) is 2.77. The Balaban J connectivity index is 1.80. The third-order valence-corrected chi connectivity index (χ3v) is 9.07. The first-order valence-electron chi connectivity index (χ1n) is 10.6. The summed E-state index contributed by atoms with van der Waals surface area (Å²) in [5.74, 6) is -0.251. The number of sulfonamides is 2. The highest BCUT2D eigenvalue weighted by Gasteiger charge is 2.34. The van der Waals surface area contributed by atoms with Crippen molar-refractivity contribution < 1.29 is 31.1 Å². The second kappa shape index (κ2) is 10.3. The zero-order valence-corrected chi connectivity index (χ0v) is 21.1. The van der Waals surface area contributed by atoms with E-state index in [0.29, 0.717) is 35.6 Å². The van der Waals surface area contributed by atoms with Crippen molar-refractivity contribution in [1.29, 1.82) is 0 Å². The van der Waals surface area contributed by atoms with Crippen LogP contribution < -0.4 is 19.5 Å². The molecule has 0 unspecified atom stereocenters. The summed E-state index contributed by atoms with van der Waals surface area (Å²) in [4.78, 5) is 13.1. The van der Waals surface area contributed by atoms with Crippen LogP contribution in [-0.4, -0.2) is 61.4 Å². The van der Waals surface area contributed by atoms with E-state index in [-0.39, 0.29) is 28.8 Å². The maximum atomic E-state index is 13.2. The summed E-state index contributed by atoms with van der Waals surface area (Å²) >= 11 is 0. The zero-order valence-electron chi connectivity index (χ0n) is 19.5. The van der Waals surface area contributed by atoms with E-state index in [1.165, 1.54) is 55.9 Å². The number of nitrogens with one attached hydrogen (secondary N) is 2. The summed E-state index contributed by atoms with van der Waals surface area (Å²) in [7, 11) is -3.34. The minimum Gasteiger partial charge on any atom is -0.493 e. The maximum absolute atomic E-state index is 13.2. The van der Waals surface area contributed by atoms with Crippen LogP contribution in [0.25, 0.3) is 0 Å². The molecule has 0 aliphatic carbocycles. The standard InChI is InChI=1S/C22H29N3O7S2/c1-15-7-8-17(33(27,28)23-2)12-19(15)24-22(26)16-6-5-11-25(14-16)34(29,30)18-9-10-20(31-3)21(13-18)32-4/h7-10,12-13,16,23H,5-6,11,14H2,1-4H3,(H,24,26)/t16-/m1/s1. The largest absolute Gasteiger partial charge is 0.493 e. The van der Waals surface area contributed by atoms with Crippen LogP contribution in [0, 0.1) is 12.8 Å². The fourth-order valence-electron chi connectivity index (χ4n) is 3.76. The Kier molecular flexibility index (Phi) is 7.86. The van der Waals surface area contributed by atoms with Gasteiger partial charge in [0.25, 0.3) is 0 Å². The fraction of sp³-hybridized carbons (Fsp3) is 0.409. The molecule has 0 radical (unpaired) electrons. The Morgan fingerprint density at radius 1 is 1.00 bits per heavy atom. The minimum absolute atomic E-state index is 0.00998. The number of carbonyl (C=O) groups is 1. The van der Waals surface area contributed by atoms with Crippen molar-refractivity contribution in [2.45, 2.75) is 29.6 Å². The number of piperidine rings is 1. The molecular weight excluding hydrogens is 482 g/mol. The molecule has 12 heteroatoms. The molecule has 2 N–H and O–H groups in total. The molecule has 1 aliphatic rings. The monoisotopic (exact) mass is 511 g/mol. The van der Waals surface area contributed by atoms with E-state index < -0.39 is 26.0 Å². The zero-order chi connectivity index (χ0) is 25.1. The molecular formula is C22H29N3O7S2. The van der Waals surface area contributed by atoms with Crippen LogP contribution in [0.4, 0.5) is 5.69 Å². The summed E-state index contributed by atoms with van der Waals surface area (Å²) in [6.07, 6.45) is 1.02. The SMILES string of the molecule is CNS(=O)(=O)c1ccc(C)c(NC(=O)[C@@H]2CCCN(S(=O)(=O)c3ccc(OC)c(OC)c3)C2)c1. The van der Waals surface area contributed by atoms with Crippen molar-refractivity contribution in [3.05, 3.63) is 42.0 Å². The molecule has 1 aliphatic heterocycles. The molecule has 1 fully saturated rings. The molecule has 0 saturated carbocycles. The average molecular weight is 512 g/mol. The van der Waals surface area contributed by atoms with Crippen LogP contribution in [0.2, 0.25) is 0 Å². The highest BCUT2D eigenvalue weighted by atomic mass is 32.2. The van der Waals surface area contributed by atoms with Crippen molar-refractivity contribution >= 4 is 31.6 Å². The molecule has 0 spiro atoms. The number of hydrogen-bond donors (Lipinski definition) is 2. The molecule has 0 bridgehead atoms. The summed E-state index contributed by atoms with van der Waals surface area (Å²) in [5.41, 5.74) is 1.05. The third kappa shape index (κ3) is 5.35. The van der Waals surface area contributed by atoms with Crippen LogP contribution in [0.5, 0.6) is 11.5 Å². The van der Waals surface area contributed by atoms with Crippen molar-refractivity contribution in [1.82, 2.24) is 9.03 Å². The van der Waals surface area contributed by atoms with Crippen molar-refractivity contribution in [2.24, 2.45) is 5.92 Å². The third-order valence-electron chi connectivity index (χ3n) is 5.79. The number of aryl methyl sites for hydroxylation is 1. The minimum atomic E-state index is -3.87. The van der Waals surface area contributed by atoms with Gasteiger partial charge in [0.05, 0.1) is 29.9 Å². The Morgan fingerprint density at radius 3 is 2.32 bits per heavy atom. The van der Waals surface area contributed by atoms with E-state index in [9.17, 15) is 21.6 Å². The van der Waals surface area contributed by atoms with Gasteiger partial charge in [-0.3, -0.25) is 4.79 Å². The molecule has 186 valence electrons. The predicted octanol–water partition coefficient (Wildman–Crippen LogP) is 1.96. The summed E-state index contributed by atoms with van der Waals surface area (Å²) < 4.78 is 64.6. The van der Waals surface area contributed by atoms with Crippen molar-refractivity contribution in [2.75, 3.05) is 39.7 Å². The number of rotatable bonds is 8. The van der Waals surface area contributed by atoms with Gasteiger partial charge in [0.15, 0.2) is 11.5 Å². The number of methoxy groups -OCH3 is 2. The topological polar surface area (TPSA) is 131 Å². The number of carbonyl (C=O) groups excluding carboxylic acids is 1. The second-order valence-corrected chi connectivity index (χ2v) is 11.7. The van der Waals surface area contributed by atoms with Crippen LogP contribution in [0.15, 0.2) is 46.2 Å². The van der Waals surface area contributed by atoms with Gasteiger partial charge in [-0.05, 0) is 56.6 Å². The van der Waals surface area contributed by atoms with Crippen molar-refractivity contribution in [3.8, 4) is 11.5 Å². The molecule has 34 heavy (non-hydrogen) atoms. The lowest BCUT2D eigenvalue weighted by molar-refractivity contribution is -0.120. The van der Waals surface area contributed by atoms with Gasteiger partial charge in [0.2, 0.25) is 26.0 Å². The molecule has 1 heterocycles. The number of anilines is 1. The lowest BCUT2D eigenvalue weighted by Gasteiger charge is -2.31. The first-order chi connectivity index (χ1) is 16.0. The van der Waals surface area contributed by atoms with E-state index in [4.69, 9.17) is 9.47 Å². The Bertz CT molecular complexity index is 1280. The lowest BCUT2D eigenvalue weighted by atomic mass is 9.98. The van der Waals surface area contributed by atoms with Gasteiger partial charge in [0, 0.05) is 24.8 Å². The van der Waals surface area contributed by atoms with E-state index in [1.54, 1.807) is 13.0 Å². The quantitative estimate of drug-likeness (QED) is 0.554. The van der Waals surface area contributed by atoms with E-state index in [0.717, 1.165) is 0 Å². The van der Waals surface area contributed by atoms with Crippen LogP contribution in [0.1, 0.15) is 18.4 Å². The van der Waals surface area contributed by atoms with Crippen LogP contribution >= 0.6 is 0 Å². The van der Waals surface area contributed by atoms with E-state index in [2.05, 4.69) is 10.0 Å². The molecule has 3 rings (SSSR count). The Labute approximate surface area is 200 Å². The van der Waals surface area contributed by atoms with Crippen molar-refractivity contribution in [3.63, 3.8) is 0 Å². The molecule has 1 amide bonds. The first kappa shape index (κ1) is 25.9. The Morgan fingerprint density at radius 2 is 1.68 bits per heavy atom. The smallest absolute Gasteiger partial charge is 0.243 e. The van der Waals surface area contributed by atoms with E-state index in [1.807, 2.05) is 0 Å². The van der Waals surface area contributed by atoms with Gasteiger partial charge in [-0.2, -0.15) is 4.31 Å². The second-order valence-electron chi connectivity index (χ2n) is 7.89. The first-order valence-corrected chi connectivity index (χ1v) is 13.5. The highest BCUT2D eigenvalue weighted by Crippen LogP contribution is 2.32. The maximum Gasteiger partial charge on any atom is 0.243 e. The summed E-state index contributed by atoms with van der Waals surface area (Å²) in [6, 6.07) is 8.81. The lowest BCUT2D eigenvalue weighted by Crippen LogP contribution is -2.43. The predicted molar refractivity (Wildman–Crippen MR) is 127 cm³/mol. The normalized spacial score (nSPS) is 17.2. The molecule has 0 aromatic heterocycles. The van der Waals surface area contributed by atoms with Gasteiger partial charge < -0.3 is 14.8 Å². The number of ether oxygens (including phenoxy) is 2. The molecule has 10 nitrogen and oxygen atoms in total. The van der Waals surface area contributed by atoms with Gasteiger partial charge in [-0.25, -0.2) is 21.6 Å². The highest BCUT2D eigenvalue weighted by molar-refractivity contribution is 7.89. The van der Waals surface area contributed by atoms with Gasteiger partial charge in [-0.15, -0.1) is 0 Å². The number of benzene rings is 2. The average Bonchev–Trinajstić information content (AvgIpc) is 2.84. The number of nitrogens with zero attached hydrogens (tertiary/aromatic N) is 1. The van der Waals surface area contributed by atoms with Crippen LogP contribution in [0.3, 0.4) is 0 Å². The van der Waals surface area contributed by atoms with E-state index >= 15 is 0 Å². The van der Waals surface area contributed by atoms with Gasteiger partial charge in [-0.1, -0.05) is 6.07 Å². The van der Waals surface area contributed by atoms with Gasteiger partial charge in [0.1, 0.15) is 0 Å². The molecule has 2 aromatic carbocycles. The molecule has 2 aromatic rings. The van der Waals surface area contributed by atoms with Gasteiger partial charge >= 0.3 is 0 Å². The summed E-state index contributed by atoms with van der Waals surface area (Å²) in [6.45, 7) is 2.05. The Hall–Kier alpha value is -2.67. The molecule has 1 saturated heterocycles. The fourth-order valence-corrected chi connectivity index (χ4v) is 6.05. The van der Waals surface area contributed by atoms with Crippen LogP contribution in [-0.2, 0) is 24.8 Å². The number of amides is 1.